The van der Waals surface area contributed by atoms with Crippen molar-refractivity contribution in [2.24, 2.45) is 0 Å². The highest BCUT2D eigenvalue weighted by Crippen LogP contribution is 2.33. The van der Waals surface area contributed by atoms with Gasteiger partial charge in [-0.15, -0.1) is 22.7 Å². The van der Waals surface area contributed by atoms with Gasteiger partial charge in [-0.25, -0.2) is 4.98 Å². The average Bonchev–Trinajstić information content (AvgIpc) is 3.24. The van der Waals surface area contributed by atoms with Crippen LogP contribution in [0, 0.1) is 0 Å². The SMILES string of the molecule is O=C(Cn1cnc2scc(-c3cccs3)c2c1=O)Nc1cccc(C(=O)NC2CC2)c1. The summed E-state index contributed by atoms with van der Waals surface area (Å²) in [7, 11) is 0. The van der Waals surface area contributed by atoms with Gasteiger partial charge < -0.3 is 10.6 Å². The Morgan fingerprint density at radius 1 is 1.16 bits per heavy atom. The summed E-state index contributed by atoms with van der Waals surface area (Å²) in [5, 5.41) is 10.1. The number of benzene rings is 1. The van der Waals surface area contributed by atoms with Crippen LogP contribution in [-0.4, -0.2) is 27.4 Å². The Kier molecular flexibility index (Phi) is 5.13. The Hall–Kier alpha value is -3.30. The molecule has 1 fully saturated rings. The second-order valence-corrected chi connectivity index (χ2v) is 9.17. The zero-order chi connectivity index (χ0) is 21.4. The van der Waals surface area contributed by atoms with E-state index in [9.17, 15) is 14.4 Å². The van der Waals surface area contributed by atoms with Gasteiger partial charge >= 0.3 is 0 Å². The largest absolute Gasteiger partial charge is 0.349 e. The molecule has 3 heterocycles. The second-order valence-electron chi connectivity index (χ2n) is 7.36. The van der Waals surface area contributed by atoms with Crippen molar-refractivity contribution >= 4 is 50.4 Å². The predicted octanol–water partition coefficient (Wildman–Crippen LogP) is 3.72. The second kappa shape index (κ2) is 8.09. The third kappa shape index (κ3) is 4.14. The minimum atomic E-state index is -0.365. The van der Waals surface area contributed by atoms with Crippen LogP contribution in [-0.2, 0) is 11.3 Å². The van der Waals surface area contributed by atoms with Crippen LogP contribution in [0.2, 0.25) is 0 Å². The molecule has 2 amide bonds. The summed E-state index contributed by atoms with van der Waals surface area (Å²) in [5.74, 6) is -0.515. The highest BCUT2D eigenvalue weighted by atomic mass is 32.1. The first-order valence-corrected chi connectivity index (χ1v) is 11.6. The molecule has 7 nitrogen and oxygen atoms in total. The summed E-state index contributed by atoms with van der Waals surface area (Å²) in [4.78, 5) is 43.9. The summed E-state index contributed by atoms with van der Waals surface area (Å²) in [5.41, 5.74) is 1.59. The van der Waals surface area contributed by atoms with Crippen LogP contribution < -0.4 is 16.2 Å². The number of nitrogens with zero attached hydrogens (tertiary/aromatic N) is 2. The van der Waals surface area contributed by atoms with E-state index < -0.39 is 0 Å². The fraction of sp³-hybridized carbons (Fsp3) is 0.182. The van der Waals surface area contributed by atoms with Gasteiger partial charge in [-0.3, -0.25) is 19.0 Å². The van der Waals surface area contributed by atoms with Gasteiger partial charge in [-0.1, -0.05) is 12.1 Å². The van der Waals surface area contributed by atoms with E-state index in [1.54, 1.807) is 35.6 Å². The molecule has 1 aromatic carbocycles. The van der Waals surface area contributed by atoms with E-state index in [1.165, 1.54) is 22.2 Å². The van der Waals surface area contributed by atoms with E-state index in [4.69, 9.17) is 0 Å². The van der Waals surface area contributed by atoms with Gasteiger partial charge in [-0.2, -0.15) is 0 Å². The lowest BCUT2D eigenvalue weighted by molar-refractivity contribution is -0.116. The lowest BCUT2D eigenvalue weighted by Gasteiger charge is -2.09. The van der Waals surface area contributed by atoms with Gasteiger partial charge in [-0.05, 0) is 42.5 Å². The molecule has 1 aliphatic carbocycles. The molecule has 0 radical (unpaired) electrons. The van der Waals surface area contributed by atoms with E-state index in [0.29, 0.717) is 21.5 Å². The topological polar surface area (TPSA) is 93.1 Å². The summed E-state index contributed by atoms with van der Waals surface area (Å²) in [6.45, 7) is -0.167. The third-order valence-electron chi connectivity index (χ3n) is 4.98. The molecule has 0 atom stereocenters. The van der Waals surface area contributed by atoms with Crippen molar-refractivity contribution in [3.05, 3.63) is 69.4 Å². The van der Waals surface area contributed by atoms with Gasteiger partial charge in [0.25, 0.3) is 11.5 Å². The molecular formula is C22H18N4O3S2. The Bertz CT molecular complexity index is 1340. The summed E-state index contributed by atoms with van der Waals surface area (Å²) >= 11 is 2.97. The van der Waals surface area contributed by atoms with Crippen molar-refractivity contribution in [3.63, 3.8) is 0 Å². The fourth-order valence-electron chi connectivity index (χ4n) is 3.28. The van der Waals surface area contributed by atoms with E-state index >= 15 is 0 Å². The molecule has 3 aromatic heterocycles. The average molecular weight is 451 g/mol. The number of hydrogen-bond acceptors (Lipinski definition) is 6. The number of aromatic nitrogens is 2. The van der Waals surface area contributed by atoms with Gasteiger partial charge in [0.05, 0.1) is 11.7 Å². The molecule has 1 saturated carbocycles. The van der Waals surface area contributed by atoms with Crippen molar-refractivity contribution in [2.45, 2.75) is 25.4 Å². The molecule has 0 aliphatic heterocycles. The number of carbonyl (C=O) groups excluding carboxylic acids is 2. The number of anilines is 1. The van der Waals surface area contributed by atoms with Gasteiger partial charge in [0.2, 0.25) is 5.91 Å². The first-order chi connectivity index (χ1) is 15.1. The molecule has 0 unspecified atom stereocenters. The number of fused-ring (bicyclic) bond motifs is 1. The van der Waals surface area contributed by atoms with Crippen molar-refractivity contribution in [3.8, 4) is 10.4 Å². The number of thiophene rings is 2. The van der Waals surface area contributed by atoms with Crippen LogP contribution in [0.1, 0.15) is 23.2 Å². The quantitative estimate of drug-likeness (QED) is 0.468. The Morgan fingerprint density at radius 3 is 2.81 bits per heavy atom. The smallest absolute Gasteiger partial charge is 0.263 e. The molecular weight excluding hydrogens is 432 g/mol. The van der Waals surface area contributed by atoms with Crippen molar-refractivity contribution in [2.75, 3.05) is 5.32 Å². The predicted molar refractivity (Wildman–Crippen MR) is 123 cm³/mol. The zero-order valence-corrected chi connectivity index (χ0v) is 18.0. The normalized spacial score (nSPS) is 13.3. The van der Waals surface area contributed by atoms with E-state index in [1.807, 2.05) is 22.9 Å². The molecule has 156 valence electrons. The van der Waals surface area contributed by atoms with Crippen LogP contribution in [0.5, 0.6) is 0 Å². The maximum Gasteiger partial charge on any atom is 0.263 e. The van der Waals surface area contributed by atoms with Crippen LogP contribution >= 0.6 is 22.7 Å². The molecule has 5 rings (SSSR count). The van der Waals surface area contributed by atoms with Crippen molar-refractivity contribution < 1.29 is 9.59 Å². The Morgan fingerprint density at radius 2 is 2.03 bits per heavy atom. The monoisotopic (exact) mass is 450 g/mol. The van der Waals surface area contributed by atoms with E-state index in [-0.39, 0.29) is 30.0 Å². The Balaban J connectivity index is 1.35. The molecule has 31 heavy (non-hydrogen) atoms. The third-order valence-corrected chi connectivity index (χ3v) is 6.77. The summed E-state index contributed by atoms with van der Waals surface area (Å²) < 4.78 is 1.31. The first kappa shape index (κ1) is 19.7. The minimum Gasteiger partial charge on any atom is -0.349 e. The molecule has 4 aromatic rings. The number of rotatable bonds is 6. The van der Waals surface area contributed by atoms with Gasteiger partial charge in [0.1, 0.15) is 11.4 Å². The zero-order valence-electron chi connectivity index (χ0n) is 16.3. The highest BCUT2D eigenvalue weighted by Gasteiger charge is 2.24. The lowest BCUT2D eigenvalue weighted by Crippen LogP contribution is -2.28. The van der Waals surface area contributed by atoms with Crippen LogP contribution in [0.15, 0.2) is 58.3 Å². The van der Waals surface area contributed by atoms with Gasteiger partial charge in [0.15, 0.2) is 0 Å². The van der Waals surface area contributed by atoms with Crippen LogP contribution in [0.3, 0.4) is 0 Å². The minimum absolute atomic E-state index is 0.150. The maximum absolute atomic E-state index is 13.0. The summed E-state index contributed by atoms with van der Waals surface area (Å²) in [6.07, 6.45) is 3.42. The number of amides is 2. The van der Waals surface area contributed by atoms with Gasteiger partial charge in [0, 0.05) is 33.1 Å². The van der Waals surface area contributed by atoms with Crippen molar-refractivity contribution in [1.82, 2.24) is 14.9 Å². The highest BCUT2D eigenvalue weighted by molar-refractivity contribution is 7.18. The first-order valence-electron chi connectivity index (χ1n) is 9.80. The number of nitrogens with one attached hydrogen (secondary N) is 2. The molecule has 9 heteroatoms. The van der Waals surface area contributed by atoms with E-state index in [2.05, 4.69) is 15.6 Å². The molecule has 0 bridgehead atoms. The standard InChI is InChI=1S/C22H18N4O3S2/c27-18(24-15-4-1-3-13(9-15)20(28)25-14-6-7-14)10-26-12-23-21-19(22(26)29)16(11-31-21)17-5-2-8-30-17/h1-5,8-9,11-12,14H,6-7,10H2,(H,24,27)(H,25,28). The fourth-order valence-corrected chi connectivity index (χ4v) is 5.00. The van der Waals surface area contributed by atoms with Crippen LogP contribution in [0.4, 0.5) is 5.69 Å². The Labute approximate surface area is 185 Å². The van der Waals surface area contributed by atoms with Crippen molar-refractivity contribution in [1.29, 1.82) is 0 Å². The molecule has 0 spiro atoms. The van der Waals surface area contributed by atoms with Crippen LogP contribution in [0.25, 0.3) is 20.7 Å². The molecule has 1 aliphatic rings. The molecule has 0 saturated heterocycles. The summed E-state index contributed by atoms with van der Waals surface area (Å²) in [6, 6.07) is 10.9. The maximum atomic E-state index is 13.0. The number of hydrogen-bond donors (Lipinski definition) is 2. The van der Waals surface area contributed by atoms with E-state index in [0.717, 1.165) is 23.3 Å². The number of carbonyl (C=O) groups is 2. The lowest BCUT2D eigenvalue weighted by atomic mass is 10.2. The molecule has 2 N–H and O–H groups in total.